The summed E-state index contributed by atoms with van der Waals surface area (Å²) in [6.45, 7) is 0. The Bertz CT molecular complexity index is 281. The Balaban J connectivity index is 2.46. The highest BCUT2D eigenvalue weighted by Gasteiger charge is 1.97. The molecule has 0 amide bonds. The van der Waals surface area contributed by atoms with Crippen LogP contribution in [-0.2, 0) is 11.2 Å². The first kappa shape index (κ1) is 10.5. The van der Waals surface area contributed by atoms with Crippen LogP contribution in [0.1, 0.15) is 12.0 Å². The lowest BCUT2D eigenvalue weighted by molar-refractivity contribution is 0.386. The minimum atomic E-state index is 0.346. The molecular formula is C10H12INO. The van der Waals surface area contributed by atoms with Gasteiger partial charge < -0.3 is 4.74 Å². The highest BCUT2D eigenvalue weighted by Crippen LogP contribution is 2.08. The molecule has 1 rings (SSSR count). The SMILES string of the molecule is COC(=N)CCc1ccc([131I])cc1. The Kier molecular flexibility index (Phi) is 4.21. The minimum absolute atomic E-state index is 0.346. The van der Waals surface area contributed by atoms with E-state index in [0.717, 1.165) is 6.42 Å². The van der Waals surface area contributed by atoms with Gasteiger partial charge in [-0.2, -0.15) is 0 Å². The summed E-state index contributed by atoms with van der Waals surface area (Å²) in [6.07, 6.45) is 1.56. The molecule has 0 bridgehead atoms. The molecule has 0 unspecified atom stereocenters. The zero-order valence-corrected chi connectivity index (χ0v) is 9.67. The van der Waals surface area contributed by atoms with Gasteiger partial charge in [-0.25, -0.2) is 0 Å². The van der Waals surface area contributed by atoms with E-state index in [1.54, 1.807) is 0 Å². The molecule has 0 aromatic heterocycles. The van der Waals surface area contributed by atoms with Crippen LogP contribution in [0.25, 0.3) is 0 Å². The molecule has 1 aromatic carbocycles. The maximum Gasteiger partial charge on any atom is 0.180 e. The largest absolute Gasteiger partial charge is 0.484 e. The lowest BCUT2D eigenvalue weighted by Crippen LogP contribution is -2.00. The molecule has 0 atom stereocenters. The van der Waals surface area contributed by atoms with Crippen molar-refractivity contribution in [3.05, 3.63) is 33.4 Å². The molecule has 3 heteroatoms. The maximum atomic E-state index is 7.31. The predicted octanol–water partition coefficient (Wildman–Crippen LogP) is 2.85. The number of methoxy groups -OCH3 is 1. The normalized spacial score (nSPS) is 9.69. The highest BCUT2D eigenvalue weighted by molar-refractivity contribution is 14.1. The molecule has 0 fully saturated rings. The second-order valence-corrected chi connectivity index (χ2v) is 4.00. The minimum Gasteiger partial charge on any atom is -0.484 e. The molecule has 2 nitrogen and oxygen atoms in total. The molecule has 0 aliphatic heterocycles. The van der Waals surface area contributed by atoms with E-state index < -0.39 is 0 Å². The summed E-state index contributed by atoms with van der Waals surface area (Å²) in [5.74, 6) is 0.346. The molecular weight excluding hydrogens is 281 g/mol. The Morgan fingerprint density at radius 1 is 1.38 bits per heavy atom. The van der Waals surface area contributed by atoms with E-state index in [1.807, 2.05) is 0 Å². The number of nitrogens with one attached hydrogen (secondary N) is 1. The molecule has 0 spiro atoms. The van der Waals surface area contributed by atoms with Gasteiger partial charge in [0.15, 0.2) is 5.90 Å². The number of ether oxygens (including phenoxy) is 1. The van der Waals surface area contributed by atoms with Crippen LogP contribution in [0.4, 0.5) is 0 Å². The highest BCUT2D eigenvalue weighted by atomic mass is 131. The van der Waals surface area contributed by atoms with Gasteiger partial charge in [0.05, 0.1) is 7.11 Å². The Morgan fingerprint density at radius 2 is 2.00 bits per heavy atom. The van der Waals surface area contributed by atoms with Crippen LogP contribution >= 0.6 is 22.6 Å². The first-order valence-electron chi connectivity index (χ1n) is 4.08. The fourth-order valence-electron chi connectivity index (χ4n) is 1.01. The molecule has 0 saturated carbocycles. The summed E-state index contributed by atoms with van der Waals surface area (Å²) in [6, 6.07) is 8.33. The van der Waals surface area contributed by atoms with Crippen molar-refractivity contribution in [3.8, 4) is 0 Å². The predicted molar refractivity (Wildman–Crippen MR) is 62.2 cm³/mol. The Morgan fingerprint density at radius 3 is 2.54 bits per heavy atom. The van der Waals surface area contributed by atoms with Crippen LogP contribution in [0.2, 0.25) is 0 Å². The topological polar surface area (TPSA) is 33.1 Å². The second kappa shape index (κ2) is 5.21. The number of aryl methyl sites for hydroxylation is 1. The van der Waals surface area contributed by atoms with Crippen LogP contribution in [-0.4, -0.2) is 13.0 Å². The fourth-order valence-corrected chi connectivity index (χ4v) is 1.37. The zero-order chi connectivity index (χ0) is 9.68. The standard InChI is InChI=1S/C10H12INO/c1-13-10(12)7-4-8-2-5-9(11)6-3-8/h2-3,5-6,12H,4,7H2,1H3/i11+4. The molecule has 0 radical (unpaired) electrons. The molecule has 1 aromatic rings. The van der Waals surface area contributed by atoms with Gasteiger partial charge >= 0.3 is 0 Å². The summed E-state index contributed by atoms with van der Waals surface area (Å²) in [5, 5.41) is 7.31. The van der Waals surface area contributed by atoms with Crippen molar-refractivity contribution < 1.29 is 4.74 Å². The second-order valence-electron chi connectivity index (χ2n) is 2.75. The van der Waals surface area contributed by atoms with Crippen LogP contribution in [0, 0.1) is 8.98 Å². The van der Waals surface area contributed by atoms with Gasteiger partial charge in [0, 0.05) is 9.99 Å². The van der Waals surface area contributed by atoms with Crippen LogP contribution in [0.5, 0.6) is 0 Å². The number of benzene rings is 1. The number of hydrogen-bond acceptors (Lipinski definition) is 2. The summed E-state index contributed by atoms with van der Waals surface area (Å²) in [4.78, 5) is 0. The van der Waals surface area contributed by atoms with E-state index in [1.165, 1.54) is 16.2 Å². The average molecular weight is 293 g/mol. The zero-order valence-electron chi connectivity index (χ0n) is 7.51. The molecule has 13 heavy (non-hydrogen) atoms. The number of hydrogen-bond donors (Lipinski definition) is 1. The van der Waals surface area contributed by atoms with Crippen molar-refractivity contribution in [2.45, 2.75) is 12.8 Å². The van der Waals surface area contributed by atoms with Crippen molar-refractivity contribution in [3.63, 3.8) is 0 Å². The smallest absolute Gasteiger partial charge is 0.180 e. The number of halogens is 1. The Hall–Kier alpha value is -0.580. The molecule has 0 heterocycles. The molecule has 0 aliphatic rings. The third-order valence-corrected chi connectivity index (χ3v) is 2.52. The fraction of sp³-hybridized carbons (Fsp3) is 0.300. The van der Waals surface area contributed by atoms with Gasteiger partial charge in [-0.15, -0.1) is 0 Å². The van der Waals surface area contributed by atoms with Gasteiger partial charge in [0.2, 0.25) is 0 Å². The van der Waals surface area contributed by atoms with Crippen LogP contribution < -0.4 is 0 Å². The van der Waals surface area contributed by atoms with Crippen LogP contribution in [0.15, 0.2) is 24.3 Å². The first-order chi connectivity index (χ1) is 6.22. The monoisotopic (exact) mass is 293 g/mol. The van der Waals surface area contributed by atoms with Crippen LogP contribution in [0.3, 0.4) is 0 Å². The van der Waals surface area contributed by atoms with E-state index in [2.05, 4.69) is 46.9 Å². The van der Waals surface area contributed by atoms with Gasteiger partial charge in [-0.1, -0.05) is 12.1 Å². The van der Waals surface area contributed by atoms with E-state index in [-0.39, 0.29) is 0 Å². The van der Waals surface area contributed by atoms with E-state index in [0.29, 0.717) is 12.3 Å². The maximum absolute atomic E-state index is 7.31. The van der Waals surface area contributed by atoms with E-state index in [9.17, 15) is 0 Å². The van der Waals surface area contributed by atoms with Crippen molar-refractivity contribution in [2.75, 3.05) is 7.11 Å². The van der Waals surface area contributed by atoms with Gasteiger partial charge in [0.25, 0.3) is 0 Å². The Labute approximate surface area is 92.0 Å². The van der Waals surface area contributed by atoms with Gasteiger partial charge in [-0.05, 0) is 46.7 Å². The van der Waals surface area contributed by atoms with Crippen molar-refractivity contribution >= 4 is 28.5 Å². The lowest BCUT2D eigenvalue weighted by atomic mass is 10.1. The van der Waals surface area contributed by atoms with E-state index in [4.69, 9.17) is 10.1 Å². The third kappa shape index (κ3) is 3.76. The summed E-state index contributed by atoms with van der Waals surface area (Å²) >= 11 is 2.28. The summed E-state index contributed by atoms with van der Waals surface area (Å²) in [7, 11) is 1.54. The molecule has 0 saturated heterocycles. The molecule has 0 aliphatic carbocycles. The van der Waals surface area contributed by atoms with Crippen molar-refractivity contribution in [2.24, 2.45) is 0 Å². The molecule has 1 N–H and O–H groups in total. The summed E-state index contributed by atoms with van der Waals surface area (Å²) in [5.41, 5.74) is 1.25. The first-order valence-corrected chi connectivity index (χ1v) is 5.16. The average Bonchev–Trinajstić information content (AvgIpc) is 2.16. The third-order valence-electron chi connectivity index (χ3n) is 1.80. The quantitative estimate of drug-likeness (QED) is 0.519. The van der Waals surface area contributed by atoms with Crippen molar-refractivity contribution in [1.82, 2.24) is 0 Å². The number of rotatable bonds is 3. The van der Waals surface area contributed by atoms with Gasteiger partial charge in [0.1, 0.15) is 0 Å². The lowest BCUT2D eigenvalue weighted by Gasteiger charge is -2.02. The van der Waals surface area contributed by atoms with Crippen molar-refractivity contribution in [1.29, 1.82) is 5.41 Å². The molecule has 70 valence electrons. The van der Waals surface area contributed by atoms with Gasteiger partial charge in [-0.3, -0.25) is 5.41 Å². The van der Waals surface area contributed by atoms with E-state index >= 15 is 0 Å². The summed E-state index contributed by atoms with van der Waals surface area (Å²) < 4.78 is 6.02.